The van der Waals surface area contributed by atoms with E-state index in [1.807, 2.05) is 18.4 Å². The molecular weight excluding hydrogens is 270 g/mol. The van der Waals surface area contributed by atoms with Crippen molar-refractivity contribution < 1.29 is 8.42 Å². The fraction of sp³-hybridized carbons (Fsp3) is 0.455. The van der Waals surface area contributed by atoms with Crippen molar-refractivity contribution in [3.8, 4) is 0 Å². The Kier molecular flexibility index (Phi) is 3.82. The van der Waals surface area contributed by atoms with Crippen molar-refractivity contribution in [1.29, 1.82) is 0 Å². The van der Waals surface area contributed by atoms with Gasteiger partial charge in [-0.1, -0.05) is 0 Å². The van der Waals surface area contributed by atoms with E-state index in [9.17, 15) is 8.42 Å². The summed E-state index contributed by atoms with van der Waals surface area (Å²) in [5.41, 5.74) is 0. The van der Waals surface area contributed by atoms with E-state index < -0.39 is 9.84 Å². The summed E-state index contributed by atoms with van der Waals surface area (Å²) in [4.78, 5) is 9.30. The van der Waals surface area contributed by atoms with Gasteiger partial charge in [0, 0.05) is 12.3 Å². The van der Waals surface area contributed by atoms with E-state index in [0.717, 1.165) is 16.0 Å². The maximum Gasteiger partial charge on any atom is 0.147 e. The maximum atomic E-state index is 11.1. The molecule has 0 aliphatic rings. The molecule has 0 aromatic carbocycles. The molecule has 1 N–H and O–H groups in total. The summed E-state index contributed by atoms with van der Waals surface area (Å²) in [5, 5.41) is 6.18. The van der Waals surface area contributed by atoms with Crippen molar-refractivity contribution in [2.45, 2.75) is 19.4 Å². The number of nitrogens with one attached hydrogen (secondary N) is 1. The minimum Gasteiger partial charge on any atom is -0.367 e. The van der Waals surface area contributed by atoms with Crippen LogP contribution in [0.15, 0.2) is 17.8 Å². The van der Waals surface area contributed by atoms with E-state index in [1.165, 1.54) is 12.6 Å². The van der Waals surface area contributed by atoms with Crippen molar-refractivity contribution in [2.75, 3.05) is 17.3 Å². The highest BCUT2D eigenvalue weighted by molar-refractivity contribution is 7.90. The topological polar surface area (TPSA) is 72.0 Å². The Labute approximate surface area is 110 Å². The second-order valence-electron chi connectivity index (χ2n) is 4.33. The number of hydrogen-bond donors (Lipinski definition) is 1. The summed E-state index contributed by atoms with van der Waals surface area (Å²) in [6.45, 7) is 1.95. The molecule has 0 radical (unpaired) electrons. The van der Waals surface area contributed by atoms with E-state index in [4.69, 9.17) is 0 Å². The Hall–Kier alpha value is -1.21. The Bertz CT molecular complexity index is 637. The standard InChI is InChI=1S/C11H15N3O2S2/c1-8(4-6-18(2,15)16)14-10-9-3-5-17-11(9)13-7-12-10/h3,5,7-8H,4,6H2,1-2H3,(H,12,13,14). The maximum absolute atomic E-state index is 11.1. The number of aromatic nitrogens is 2. The molecule has 0 spiro atoms. The molecule has 2 rings (SSSR count). The van der Waals surface area contributed by atoms with Crippen molar-refractivity contribution in [3.63, 3.8) is 0 Å². The molecule has 1 atom stereocenters. The third kappa shape index (κ3) is 3.39. The summed E-state index contributed by atoms with van der Waals surface area (Å²) in [7, 11) is -2.91. The highest BCUT2D eigenvalue weighted by atomic mass is 32.2. The van der Waals surface area contributed by atoms with Gasteiger partial charge in [0.1, 0.15) is 26.8 Å². The second kappa shape index (κ2) is 5.19. The number of sulfone groups is 1. The van der Waals surface area contributed by atoms with Crippen LogP contribution in [-0.4, -0.2) is 36.4 Å². The first kappa shape index (κ1) is 13.2. The number of thiophene rings is 1. The van der Waals surface area contributed by atoms with Gasteiger partial charge in [0.2, 0.25) is 0 Å². The molecule has 7 heteroatoms. The van der Waals surface area contributed by atoms with Crippen molar-refractivity contribution in [2.24, 2.45) is 0 Å². The molecule has 0 saturated carbocycles. The molecule has 0 fully saturated rings. The minimum atomic E-state index is -2.91. The molecule has 18 heavy (non-hydrogen) atoms. The molecule has 0 aliphatic carbocycles. The lowest BCUT2D eigenvalue weighted by Gasteiger charge is -2.14. The quantitative estimate of drug-likeness (QED) is 0.908. The van der Waals surface area contributed by atoms with E-state index in [-0.39, 0.29) is 11.8 Å². The zero-order chi connectivity index (χ0) is 13.2. The first-order valence-corrected chi connectivity index (χ1v) is 8.52. The van der Waals surface area contributed by atoms with Gasteiger partial charge in [-0.15, -0.1) is 11.3 Å². The Balaban J connectivity index is 2.07. The van der Waals surface area contributed by atoms with Crippen LogP contribution in [0.2, 0.25) is 0 Å². The lowest BCUT2D eigenvalue weighted by atomic mass is 10.2. The summed E-state index contributed by atoms with van der Waals surface area (Å²) in [6, 6.07) is 2.02. The van der Waals surface area contributed by atoms with Gasteiger partial charge >= 0.3 is 0 Å². The molecule has 0 aliphatic heterocycles. The summed E-state index contributed by atoms with van der Waals surface area (Å²) in [6.07, 6.45) is 3.33. The smallest absolute Gasteiger partial charge is 0.147 e. The SMILES string of the molecule is CC(CCS(C)(=O)=O)Nc1ncnc2sccc12. The zero-order valence-corrected chi connectivity index (χ0v) is 11.9. The third-order valence-corrected chi connectivity index (χ3v) is 4.36. The van der Waals surface area contributed by atoms with Gasteiger partial charge in [0.25, 0.3) is 0 Å². The van der Waals surface area contributed by atoms with Gasteiger partial charge in [-0.25, -0.2) is 18.4 Å². The molecule has 2 heterocycles. The van der Waals surface area contributed by atoms with Crippen molar-refractivity contribution >= 4 is 37.2 Å². The highest BCUT2D eigenvalue weighted by Crippen LogP contribution is 2.24. The lowest BCUT2D eigenvalue weighted by Crippen LogP contribution is -2.20. The van der Waals surface area contributed by atoms with E-state index in [1.54, 1.807) is 11.3 Å². The van der Waals surface area contributed by atoms with Gasteiger partial charge in [0.15, 0.2) is 0 Å². The number of rotatable bonds is 5. The summed E-state index contributed by atoms with van der Waals surface area (Å²) in [5.74, 6) is 0.946. The Morgan fingerprint density at radius 3 is 2.94 bits per heavy atom. The molecule has 0 saturated heterocycles. The van der Waals surface area contributed by atoms with Crippen LogP contribution in [0, 0.1) is 0 Å². The van der Waals surface area contributed by atoms with E-state index in [0.29, 0.717) is 6.42 Å². The predicted molar refractivity (Wildman–Crippen MR) is 74.8 cm³/mol. The average Bonchev–Trinajstić information content (AvgIpc) is 2.74. The summed E-state index contributed by atoms with van der Waals surface area (Å²) >= 11 is 1.56. The second-order valence-corrected chi connectivity index (χ2v) is 7.48. The van der Waals surface area contributed by atoms with Crippen molar-refractivity contribution in [3.05, 3.63) is 17.8 Å². The minimum absolute atomic E-state index is 0.0534. The van der Waals surface area contributed by atoms with Gasteiger partial charge in [-0.3, -0.25) is 0 Å². The Morgan fingerprint density at radius 2 is 2.22 bits per heavy atom. The lowest BCUT2D eigenvalue weighted by molar-refractivity contribution is 0.595. The van der Waals surface area contributed by atoms with Gasteiger partial charge in [-0.05, 0) is 24.8 Å². The first-order chi connectivity index (χ1) is 8.46. The molecule has 5 nitrogen and oxygen atoms in total. The molecule has 0 amide bonds. The number of hydrogen-bond acceptors (Lipinski definition) is 6. The van der Waals surface area contributed by atoms with Gasteiger partial charge in [0.05, 0.1) is 11.1 Å². The van der Waals surface area contributed by atoms with Crippen LogP contribution in [0.5, 0.6) is 0 Å². The summed E-state index contributed by atoms with van der Waals surface area (Å²) < 4.78 is 22.2. The largest absolute Gasteiger partial charge is 0.367 e. The Morgan fingerprint density at radius 1 is 1.44 bits per heavy atom. The van der Waals surface area contributed by atoms with Crippen molar-refractivity contribution in [1.82, 2.24) is 9.97 Å². The fourth-order valence-electron chi connectivity index (χ4n) is 1.60. The van der Waals surface area contributed by atoms with Crippen LogP contribution in [-0.2, 0) is 9.84 Å². The van der Waals surface area contributed by atoms with E-state index in [2.05, 4.69) is 15.3 Å². The number of anilines is 1. The monoisotopic (exact) mass is 285 g/mol. The van der Waals surface area contributed by atoms with Gasteiger partial charge < -0.3 is 5.32 Å². The third-order valence-electron chi connectivity index (χ3n) is 2.57. The van der Waals surface area contributed by atoms with Crippen LogP contribution in [0.1, 0.15) is 13.3 Å². The molecule has 98 valence electrons. The number of nitrogens with zero attached hydrogens (tertiary/aromatic N) is 2. The van der Waals surface area contributed by atoms with Gasteiger partial charge in [-0.2, -0.15) is 0 Å². The van der Waals surface area contributed by atoms with Crippen LogP contribution in [0.4, 0.5) is 5.82 Å². The zero-order valence-electron chi connectivity index (χ0n) is 10.3. The number of fused-ring (bicyclic) bond motifs is 1. The normalized spacial score (nSPS) is 13.7. The van der Waals surface area contributed by atoms with Crippen LogP contribution >= 0.6 is 11.3 Å². The van der Waals surface area contributed by atoms with Crippen LogP contribution < -0.4 is 5.32 Å². The van der Waals surface area contributed by atoms with E-state index >= 15 is 0 Å². The molecule has 2 aromatic rings. The first-order valence-electron chi connectivity index (χ1n) is 5.58. The molecule has 1 unspecified atom stereocenters. The predicted octanol–water partition coefficient (Wildman–Crippen LogP) is 1.93. The van der Waals surface area contributed by atoms with Crippen LogP contribution in [0.3, 0.4) is 0 Å². The average molecular weight is 285 g/mol. The fourth-order valence-corrected chi connectivity index (χ4v) is 3.12. The molecule has 2 aromatic heterocycles. The molecular formula is C11H15N3O2S2. The van der Waals surface area contributed by atoms with Crippen LogP contribution in [0.25, 0.3) is 10.2 Å². The molecule has 0 bridgehead atoms. The highest BCUT2D eigenvalue weighted by Gasteiger charge is 2.10.